The van der Waals surface area contributed by atoms with Gasteiger partial charge in [0.25, 0.3) is 0 Å². The highest BCUT2D eigenvalue weighted by molar-refractivity contribution is 7.80. The maximum atomic E-state index is 12.3. The van der Waals surface area contributed by atoms with E-state index in [9.17, 15) is 9.59 Å². The minimum Gasteiger partial charge on any atom is -0.465 e. The second kappa shape index (κ2) is 10.5. The Balaban J connectivity index is 1.26. The van der Waals surface area contributed by atoms with Crippen LogP contribution in [0.5, 0.6) is 0 Å². The second-order valence-corrected chi connectivity index (χ2v) is 8.70. The fourth-order valence-electron chi connectivity index (χ4n) is 4.45. The Morgan fingerprint density at radius 2 is 1.84 bits per heavy atom. The lowest BCUT2D eigenvalue weighted by Crippen LogP contribution is -2.46. The van der Waals surface area contributed by atoms with Crippen LogP contribution in [0.4, 0.5) is 10.5 Å². The second-order valence-electron chi connectivity index (χ2n) is 8.30. The van der Waals surface area contributed by atoms with Crippen molar-refractivity contribution in [3.8, 4) is 0 Å². The van der Waals surface area contributed by atoms with Gasteiger partial charge in [-0.1, -0.05) is 25.3 Å². The quantitative estimate of drug-likeness (QED) is 0.448. The molecule has 3 aliphatic rings. The van der Waals surface area contributed by atoms with Crippen LogP contribution in [-0.2, 0) is 18.9 Å². The molecule has 3 fully saturated rings. The SMILES string of the molecule is COC(=O)c1cccc(NC(=S)N[C@H]2CO[C@H]3[C@@H]2OC[C@H]3OC(=O)NC2CCCCC2)c1. The molecular weight excluding hydrogens is 434 g/mol. The van der Waals surface area contributed by atoms with Gasteiger partial charge in [0, 0.05) is 11.7 Å². The van der Waals surface area contributed by atoms with E-state index >= 15 is 0 Å². The lowest BCUT2D eigenvalue weighted by atomic mass is 9.96. The minimum atomic E-state index is -0.450. The van der Waals surface area contributed by atoms with Crippen molar-refractivity contribution in [2.75, 3.05) is 25.6 Å². The number of carbonyl (C=O) groups excluding carboxylic acids is 2. The monoisotopic (exact) mass is 463 g/mol. The van der Waals surface area contributed by atoms with Crippen LogP contribution in [0.2, 0.25) is 0 Å². The molecule has 2 heterocycles. The summed E-state index contributed by atoms with van der Waals surface area (Å²) in [5.74, 6) is -0.419. The van der Waals surface area contributed by atoms with Crippen molar-refractivity contribution in [2.45, 2.75) is 62.5 Å². The van der Waals surface area contributed by atoms with Crippen LogP contribution in [-0.4, -0.2) is 67.9 Å². The summed E-state index contributed by atoms with van der Waals surface area (Å²) in [6.07, 6.45) is 4.03. The summed E-state index contributed by atoms with van der Waals surface area (Å²) in [5, 5.41) is 9.60. The molecule has 0 aromatic heterocycles. The van der Waals surface area contributed by atoms with Gasteiger partial charge in [-0.15, -0.1) is 0 Å². The zero-order chi connectivity index (χ0) is 22.5. The standard InChI is InChI=1S/C22H29N3O6S/c1-28-20(26)13-6-5-9-15(10-13)23-21(32)25-16-11-29-19-17(12-30-18(16)19)31-22(27)24-14-7-3-2-4-8-14/h5-6,9-10,14,16-19H,2-4,7-8,11-12H2,1H3,(H,24,27)(H2,23,25,32)/t16-,17+,18+,19+/m0/s1. The largest absolute Gasteiger partial charge is 0.465 e. The number of benzene rings is 1. The van der Waals surface area contributed by atoms with E-state index in [2.05, 4.69) is 16.0 Å². The number of nitrogens with one attached hydrogen (secondary N) is 3. The molecule has 4 rings (SSSR count). The number of anilines is 1. The first kappa shape index (κ1) is 22.8. The summed E-state index contributed by atoms with van der Waals surface area (Å²) in [5.41, 5.74) is 1.09. The maximum absolute atomic E-state index is 12.3. The molecule has 0 unspecified atom stereocenters. The topological polar surface area (TPSA) is 107 Å². The van der Waals surface area contributed by atoms with Crippen molar-refractivity contribution in [1.29, 1.82) is 0 Å². The molecule has 4 atom stereocenters. The first-order valence-corrected chi connectivity index (χ1v) is 11.4. The van der Waals surface area contributed by atoms with E-state index < -0.39 is 18.2 Å². The van der Waals surface area contributed by atoms with Gasteiger partial charge in [-0.3, -0.25) is 0 Å². The fraction of sp³-hybridized carbons (Fsp3) is 0.591. The number of hydrogen-bond acceptors (Lipinski definition) is 7. The Morgan fingerprint density at radius 1 is 1.06 bits per heavy atom. The number of ether oxygens (including phenoxy) is 4. The molecule has 1 aromatic carbocycles. The van der Waals surface area contributed by atoms with Gasteiger partial charge < -0.3 is 34.9 Å². The first-order chi connectivity index (χ1) is 15.5. The molecule has 174 valence electrons. The van der Waals surface area contributed by atoms with Gasteiger partial charge in [0.1, 0.15) is 12.2 Å². The average molecular weight is 464 g/mol. The Labute approximate surface area is 192 Å². The summed E-state index contributed by atoms with van der Waals surface area (Å²) < 4.78 is 22.1. The fourth-order valence-corrected chi connectivity index (χ4v) is 4.72. The molecule has 1 amide bonds. The predicted octanol–water partition coefficient (Wildman–Crippen LogP) is 2.35. The molecule has 0 spiro atoms. The number of amides is 1. The number of fused-ring (bicyclic) bond motifs is 1. The third-order valence-electron chi connectivity index (χ3n) is 6.05. The zero-order valence-corrected chi connectivity index (χ0v) is 18.8. The smallest absolute Gasteiger partial charge is 0.407 e. The normalized spacial score (nSPS) is 27.3. The first-order valence-electron chi connectivity index (χ1n) is 11.0. The van der Waals surface area contributed by atoms with Gasteiger partial charge in [0.2, 0.25) is 0 Å². The van der Waals surface area contributed by atoms with Gasteiger partial charge in [0.15, 0.2) is 11.2 Å². The summed E-state index contributed by atoms with van der Waals surface area (Å²) >= 11 is 5.42. The van der Waals surface area contributed by atoms with E-state index in [1.165, 1.54) is 13.5 Å². The molecule has 2 aliphatic heterocycles. The molecule has 2 saturated heterocycles. The van der Waals surface area contributed by atoms with Gasteiger partial charge >= 0.3 is 12.1 Å². The minimum absolute atomic E-state index is 0.182. The highest BCUT2D eigenvalue weighted by Gasteiger charge is 2.49. The molecule has 9 nitrogen and oxygen atoms in total. The number of hydrogen-bond donors (Lipinski definition) is 3. The van der Waals surface area contributed by atoms with Crippen molar-refractivity contribution in [3.63, 3.8) is 0 Å². The van der Waals surface area contributed by atoms with Crippen LogP contribution in [0.15, 0.2) is 24.3 Å². The number of rotatable bonds is 5. The predicted molar refractivity (Wildman–Crippen MR) is 121 cm³/mol. The van der Waals surface area contributed by atoms with Crippen LogP contribution >= 0.6 is 12.2 Å². The molecule has 1 aromatic rings. The van der Waals surface area contributed by atoms with Crippen LogP contribution in [0.25, 0.3) is 0 Å². The van der Waals surface area contributed by atoms with Crippen molar-refractivity contribution in [3.05, 3.63) is 29.8 Å². The average Bonchev–Trinajstić information content (AvgIpc) is 3.37. The molecule has 1 aliphatic carbocycles. The highest BCUT2D eigenvalue weighted by Crippen LogP contribution is 2.29. The Bertz CT molecular complexity index is 847. The van der Waals surface area contributed by atoms with E-state index in [0.29, 0.717) is 23.0 Å². The number of esters is 1. The van der Waals surface area contributed by atoms with Crippen LogP contribution in [0, 0.1) is 0 Å². The van der Waals surface area contributed by atoms with Crippen LogP contribution in [0.3, 0.4) is 0 Å². The molecule has 10 heteroatoms. The Hall–Kier alpha value is -2.43. The Morgan fingerprint density at radius 3 is 2.62 bits per heavy atom. The van der Waals surface area contributed by atoms with Crippen molar-refractivity contribution < 1.29 is 28.5 Å². The third kappa shape index (κ3) is 5.48. The third-order valence-corrected chi connectivity index (χ3v) is 6.27. The molecule has 3 N–H and O–H groups in total. The van der Waals surface area contributed by atoms with Crippen LogP contribution < -0.4 is 16.0 Å². The highest BCUT2D eigenvalue weighted by atomic mass is 32.1. The van der Waals surface area contributed by atoms with E-state index in [-0.39, 0.29) is 30.9 Å². The molecule has 0 radical (unpaired) electrons. The van der Waals surface area contributed by atoms with Gasteiger partial charge in [-0.2, -0.15) is 0 Å². The van der Waals surface area contributed by atoms with Gasteiger partial charge in [-0.25, -0.2) is 9.59 Å². The van der Waals surface area contributed by atoms with E-state index in [0.717, 1.165) is 25.7 Å². The van der Waals surface area contributed by atoms with Crippen molar-refractivity contribution in [1.82, 2.24) is 10.6 Å². The molecular formula is C22H29N3O6S. The van der Waals surface area contributed by atoms with Crippen molar-refractivity contribution in [2.24, 2.45) is 0 Å². The van der Waals surface area contributed by atoms with Crippen molar-refractivity contribution >= 4 is 35.1 Å². The number of thiocarbonyl (C=S) groups is 1. The van der Waals surface area contributed by atoms with Gasteiger partial charge in [-0.05, 0) is 43.3 Å². The number of carbonyl (C=O) groups is 2. The number of alkyl carbamates (subject to hydrolysis) is 1. The maximum Gasteiger partial charge on any atom is 0.407 e. The van der Waals surface area contributed by atoms with E-state index in [4.69, 9.17) is 31.2 Å². The van der Waals surface area contributed by atoms with E-state index in [1.54, 1.807) is 24.3 Å². The number of methoxy groups -OCH3 is 1. The van der Waals surface area contributed by atoms with E-state index in [1.807, 2.05) is 0 Å². The summed E-state index contributed by atoms with van der Waals surface area (Å²) in [6.45, 7) is 0.663. The molecule has 1 saturated carbocycles. The summed E-state index contributed by atoms with van der Waals surface area (Å²) in [6, 6.07) is 6.88. The summed E-state index contributed by atoms with van der Waals surface area (Å²) in [4.78, 5) is 24.0. The lowest BCUT2D eigenvalue weighted by Gasteiger charge is -2.24. The zero-order valence-electron chi connectivity index (χ0n) is 18.0. The molecule has 0 bridgehead atoms. The van der Waals surface area contributed by atoms with Crippen LogP contribution in [0.1, 0.15) is 42.5 Å². The summed E-state index contributed by atoms with van der Waals surface area (Å²) in [7, 11) is 1.34. The Kier molecular flexibility index (Phi) is 7.44. The van der Waals surface area contributed by atoms with Gasteiger partial charge in [0.05, 0.1) is 31.9 Å². The lowest BCUT2D eigenvalue weighted by molar-refractivity contribution is 0.00277. The molecule has 32 heavy (non-hydrogen) atoms.